The Hall–Kier alpha value is -3.94. The lowest BCUT2D eigenvalue weighted by Crippen LogP contribution is -2.48. The average Bonchev–Trinajstić information content (AvgIpc) is 2.92. The summed E-state index contributed by atoms with van der Waals surface area (Å²) in [6, 6.07) is 14.6. The lowest BCUT2D eigenvalue weighted by molar-refractivity contribution is -0.153. The minimum absolute atomic E-state index is 0.144. The number of allylic oxidation sites excluding steroid dienone is 1. The molecular formula is C30H33NO7. The van der Waals surface area contributed by atoms with Crippen LogP contribution in [0.1, 0.15) is 50.2 Å². The van der Waals surface area contributed by atoms with Crippen LogP contribution in [0.2, 0.25) is 0 Å². The molecular weight excluding hydrogens is 486 g/mol. The van der Waals surface area contributed by atoms with Gasteiger partial charge in [-0.05, 0) is 62.6 Å². The highest BCUT2D eigenvalue weighted by Gasteiger charge is 2.53. The molecule has 1 fully saturated rings. The van der Waals surface area contributed by atoms with E-state index in [0.29, 0.717) is 40.5 Å². The van der Waals surface area contributed by atoms with Crippen molar-refractivity contribution in [3.05, 3.63) is 70.9 Å². The van der Waals surface area contributed by atoms with Gasteiger partial charge in [0.15, 0.2) is 5.78 Å². The fourth-order valence-corrected chi connectivity index (χ4v) is 5.54. The first-order valence-electron chi connectivity index (χ1n) is 12.8. The molecule has 0 radical (unpaired) electrons. The van der Waals surface area contributed by atoms with Crippen LogP contribution in [-0.4, -0.2) is 50.9 Å². The lowest BCUT2D eigenvalue weighted by Gasteiger charge is -2.41. The van der Waals surface area contributed by atoms with Crippen LogP contribution >= 0.6 is 0 Å². The maximum Gasteiger partial charge on any atom is 0.336 e. The zero-order valence-corrected chi connectivity index (χ0v) is 22.4. The summed E-state index contributed by atoms with van der Waals surface area (Å²) < 4.78 is 21.6. The van der Waals surface area contributed by atoms with E-state index < -0.39 is 35.6 Å². The molecule has 1 aliphatic carbocycles. The Morgan fingerprint density at radius 2 is 1.50 bits per heavy atom. The number of methoxy groups -OCH3 is 2. The second kappa shape index (κ2) is 11.6. The summed E-state index contributed by atoms with van der Waals surface area (Å²) in [6.45, 7) is 5.52. The second-order valence-corrected chi connectivity index (χ2v) is 9.27. The van der Waals surface area contributed by atoms with Gasteiger partial charge in [-0.25, -0.2) is 4.79 Å². The van der Waals surface area contributed by atoms with Gasteiger partial charge in [-0.15, -0.1) is 0 Å². The molecule has 1 saturated carbocycles. The third kappa shape index (κ3) is 5.08. The Bertz CT molecular complexity index is 1300. The molecule has 2 aromatic rings. The molecule has 8 nitrogen and oxygen atoms in total. The summed E-state index contributed by atoms with van der Waals surface area (Å²) in [4.78, 5) is 45.7. The molecule has 0 amide bonds. The van der Waals surface area contributed by atoms with Gasteiger partial charge >= 0.3 is 11.9 Å². The number of hydrogen-bond donors (Lipinski definition) is 0. The van der Waals surface area contributed by atoms with E-state index in [1.807, 2.05) is 36.4 Å². The molecule has 0 saturated heterocycles. The van der Waals surface area contributed by atoms with Gasteiger partial charge in [0.05, 0.1) is 38.9 Å². The molecule has 200 valence electrons. The van der Waals surface area contributed by atoms with E-state index >= 15 is 0 Å². The van der Waals surface area contributed by atoms with Crippen LogP contribution in [0.3, 0.4) is 0 Å². The maximum atomic E-state index is 14.4. The van der Waals surface area contributed by atoms with E-state index in [4.69, 9.17) is 23.9 Å². The third-order valence-electron chi connectivity index (χ3n) is 7.16. The molecule has 2 aliphatic rings. The molecule has 1 aliphatic heterocycles. The number of ketones is 1. The van der Waals surface area contributed by atoms with Crippen LogP contribution in [0.5, 0.6) is 11.5 Å². The van der Waals surface area contributed by atoms with E-state index in [1.165, 1.54) is 0 Å². The van der Waals surface area contributed by atoms with E-state index in [9.17, 15) is 14.4 Å². The number of nitrogens with zero attached hydrogens (tertiary/aromatic N) is 1. The smallest absolute Gasteiger partial charge is 0.336 e. The van der Waals surface area contributed by atoms with Crippen molar-refractivity contribution < 1.29 is 33.3 Å². The van der Waals surface area contributed by atoms with Crippen molar-refractivity contribution >= 4 is 23.4 Å². The van der Waals surface area contributed by atoms with Gasteiger partial charge in [-0.2, -0.15) is 0 Å². The number of benzene rings is 2. The first-order chi connectivity index (χ1) is 18.3. The molecule has 4 rings (SSSR count). The minimum atomic E-state index is -1.07. The summed E-state index contributed by atoms with van der Waals surface area (Å²) in [5.41, 5.74) is 2.92. The Labute approximate surface area is 222 Å². The minimum Gasteiger partial charge on any atom is -0.497 e. The number of carbonyl (C=O) groups excluding carboxylic acids is 3. The van der Waals surface area contributed by atoms with Crippen molar-refractivity contribution in [2.75, 3.05) is 27.4 Å². The number of fused-ring (bicyclic) bond motifs is 1. The highest BCUT2D eigenvalue weighted by Crippen LogP contribution is 2.49. The van der Waals surface area contributed by atoms with Crippen LogP contribution in [0.4, 0.5) is 0 Å². The number of aliphatic imine (C=N–C) groups is 1. The van der Waals surface area contributed by atoms with Crippen molar-refractivity contribution in [1.82, 2.24) is 0 Å². The van der Waals surface area contributed by atoms with Gasteiger partial charge in [-0.1, -0.05) is 24.3 Å². The van der Waals surface area contributed by atoms with Gasteiger partial charge in [0.1, 0.15) is 17.4 Å². The van der Waals surface area contributed by atoms with Crippen LogP contribution in [0.15, 0.2) is 64.8 Å². The van der Waals surface area contributed by atoms with Crippen LogP contribution in [-0.2, 0) is 23.9 Å². The molecule has 0 N–H and O–H groups in total. The number of hydrogen-bond acceptors (Lipinski definition) is 8. The second-order valence-electron chi connectivity index (χ2n) is 9.27. The Kier molecular flexibility index (Phi) is 8.29. The Morgan fingerprint density at radius 3 is 2.11 bits per heavy atom. The van der Waals surface area contributed by atoms with Crippen molar-refractivity contribution in [2.24, 2.45) is 16.8 Å². The van der Waals surface area contributed by atoms with Gasteiger partial charge in [0.25, 0.3) is 0 Å². The largest absolute Gasteiger partial charge is 0.497 e. The number of esters is 2. The average molecular weight is 520 g/mol. The van der Waals surface area contributed by atoms with Crippen LogP contribution in [0.25, 0.3) is 0 Å². The SMILES string of the molecule is CCOC(=O)C1=C(C)N=C2C[C@@H](c3cccc(OC)c3)[C@H](C(=O)OCC)C(=O)C2[C@@H]1c1cccc(OC)c1. The molecule has 2 aromatic carbocycles. The number of ether oxygens (including phenoxy) is 4. The van der Waals surface area contributed by atoms with Crippen molar-refractivity contribution in [1.29, 1.82) is 0 Å². The highest BCUT2D eigenvalue weighted by molar-refractivity contribution is 6.17. The molecule has 1 heterocycles. The van der Waals surface area contributed by atoms with E-state index in [2.05, 4.69) is 0 Å². The first kappa shape index (κ1) is 27.1. The zero-order chi connectivity index (χ0) is 27.4. The third-order valence-corrected chi connectivity index (χ3v) is 7.16. The predicted octanol–water partition coefficient (Wildman–Crippen LogP) is 4.63. The number of rotatable bonds is 8. The van der Waals surface area contributed by atoms with Crippen LogP contribution < -0.4 is 9.47 Å². The van der Waals surface area contributed by atoms with Gasteiger partial charge in [-0.3, -0.25) is 14.6 Å². The topological polar surface area (TPSA) is 100 Å². The predicted molar refractivity (Wildman–Crippen MR) is 141 cm³/mol. The number of Topliss-reactive ketones (excluding diaryl/α,β-unsaturated/α-hetero) is 1. The van der Waals surface area contributed by atoms with Gasteiger partial charge < -0.3 is 18.9 Å². The molecule has 8 heteroatoms. The van der Waals surface area contributed by atoms with Crippen LogP contribution in [0, 0.1) is 11.8 Å². The van der Waals surface area contributed by atoms with Crippen molar-refractivity contribution in [3.8, 4) is 11.5 Å². The summed E-state index contributed by atoms with van der Waals surface area (Å²) in [5.74, 6) is -3.31. The summed E-state index contributed by atoms with van der Waals surface area (Å²) in [5, 5.41) is 0. The van der Waals surface area contributed by atoms with Crippen molar-refractivity contribution in [2.45, 2.75) is 39.0 Å². The molecule has 4 atom stereocenters. The fraction of sp³-hybridized carbons (Fsp3) is 0.400. The monoisotopic (exact) mass is 519 g/mol. The fourth-order valence-electron chi connectivity index (χ4n) is 5.54. The normalized spacial score (nSPS) is 22.8. The Balaban J connectivity index is 1.90. The zero-order valence-electron chi connectivity index (χ0n) is 22.4. The number of carbonyl (C=O) groups is 3. The summed E-state index contributed by atoms with van der Waals surface area (Å²) in [7, 11) is 3.13. The van der Waals surface area contributed by atoms with E-state index in [1.54, 1.807) is 47.1 Å². The van der Waals surface area contributed by atoms with Gasteiger partial charge in [0.2, 0.25) is 0 Å². The van der Waals surface area contributed by atoms with E-state index in [-0.39, 0.29) is 19.0 Å². The Morgan fingerprint density at radius 1 is 0.895 bits per heavy atom. The van der Waals surface area contributed by atoms with E-state index in [0.717, 1.165) is 5.56 Å². The quantitative estimate of drug-likeness (QED) is 0.370. The summed E-state index contributed by atoms with van der Waals surface area (Å²) >= 11 is 0. The van der Waals surface area contributed by atoms with Gasteiger partial charge in [0, 0.05) is 23.2 Å². The highest BCUT2D eigenvalue weighted by atomic mass is 16.5. The maximum absolute atomic E-state index is 14.4. The standard InChI is InChI=1S/C30H33NO7/c1-6-37-29(33)24-17(3)31-23-16-22(18-10-8-12-20(14-18)35-4)26(30(34)38-7-2)28(32)27(23)25(24)19-11-9-13-21(15-19)36-5/h8-15,22,25-27H,6-7,16H2,1-5H3/t22-,25+,26-,27?/m0/s1. The molecule has 0 bridgehead atoms. The lowest BCUT2D eigenvalue weighted by atomic mass is 9.62. The molecule has 0 spiro atoms. The summed E-state index contributed by atoms with van der Waals surface area (Å²) in [6.07, 6.45) is 0.348. The molecule has 0 aromatic heterocycles. The molecule has 1 unspecified atom stereocenters. The first-order valence-corrected chi connectivity index (χ1v) is 12.8. The van der Waals surface area contributed by atoms with Crippen molar-refractivity contribution in [3.63, 3.8) is 0 Å². The molecule has 38 heavy (non-hydrogen) atoms.